The standard InChI is InChI=1S/C16H11NO7/c1-22-16(21)12-9(4-5-23-12)7-24-15(20)8-2-3-10-11(6-8)14(19)17-13(10)18/h2-6H,7H2,1H3,(H,17,18,19). The summed E-state index contributed by atoms with van der Waals surface area (Å²) in [6.07, 6.45) is 1.28. The third-order valence-electron chi connectivity index (χ3n) is 3.45. The van der Waals surface area contributed by atoms with Crippen LogP contribution in [0.3, 0.4) is 0 Å². The van der Waals surface area contributed by atoms with Crippen molar-refractivity contribution in [1.82, 2.24) is 5.32 Å². The van der Waals surface area contributed by atoms with Crippen LogP contribution in [0.5, 0.6) is 0 Å². The molecule has 2 heterocycles. The molecule has 0 radical (unpaired) electrons. The summed E-state index contributed by atoms with van der Waals surface area (Å²) in [5.74, 6) is -2.51. The molecular weight excluding hydrogens is 318 g/mol. The zero-order chi connectivity index (χ0) is 17.3. The molecule has 0 unspecified atom stereocenters. The van der Waals surface area contributed by atoms with Crippen molar-refractivity contribution in [3.63, 3.8) is 0 Å². The summed E-state index contributed by atoms with van der Waals surface area (Å²) >= 11 is 0. The van der Waals surface area contributed by atoms with Gasteiger partial charge in [-0.1, -0.05) is 0 Å². The molecule has 1 aromatic heterocycles. The molecule has 24 heavy (non-hydrogen) atoms. The molecule has 2 amide bonds. The number of amides is 2. The molecule has 1 N–H and O–H groups in total. The van der Waals surface area contributed by atoms with Crippen LogP contribution < -0.4 is 5.32 Å². The van der Waals surface area contributed by atoms with Crippen molar-refractivity contribution in [2.75, 3.05) is 7.11 Å². The van der Waals surface area contributed by atoms with Crippen LogP contribution in [0.25, 0.3) is 0 Å². The van der Waals surface area contributed by atoms with E-state index in [9.17, 15) is 19.2 Å². The van der Waals surface area contributed by atoms with E-state index in [1.54, 1.807) is 0 Å². The number of imide groups is 1. The minimum Gasteiger partial charge on any atom is -0.463 e. The normalized spacial score (nSPS) is 12.5. The van der Waals surface area contributed by atoms with Gasteiger partial charge in [-0.05, 0) is 24.3 Å². The fraction of sp³-hybridized carbons (Fsp3) is 0.125. The van der Waals surface area contributed by atoms with Crippen molar-refractivity contribution in [3.8, 4) is 0 Å². The lowest BCUT2D eigenvalue weighted by Crippen LogP contribution is -2.19. The van der Waals surface area contributed by atoms with Crippen molar-refractivity contribution in [2.45, 2.75) is 6.61 Å². The maximum Gasteiger partial charge on any atom is 0.374 e. The highest BCUT2D eigenvalue weighted by molar-refractivity contribution is 6.22. The topological polar surface area (TPSA) is 112 Å². The summed E-state index contributed by atoms with van der Waals surface area (Å²) in [5.41, 5.74) is 0.790. The van der Waals surface area contributed by atoms with Crippen molar-refractivity contribution >= 4 is 23.8 Å². The molecule has 0 saturated carbocycles. The number of furan rings is 1. The van der Waals surface area contributed by atoms with Gasteiger partial charge in [0.2, 0.25) is 5.76 Å². The second-order valence-electron chi connectivity index (χ2n) is 4.89. The van der Waals surface area contributed by atoms with Gasteiger partial charge < -0.3 is 13.9 Å². The summed E-state index contributed by atoms with van der Waals surface area (Å²) in [6, 6.07) is 5.53. The SMILES string of the molecule is COC(=O)c1occc1COC(=O)c1ccc2c(c1)C(=O)NC2=O. The highest BCUT2D eigenvalue weighted by Crippen LogP contribution is 2.19. The van der Waals surface area contributed by atoms with Crippen LogP contribution in [-0.4, -0.2) is 30.9 Å². The van der Waals surface area contributed by atoms with Crippen LogP contribution in [0.4, 0.5) is 0 Å². The number of methoxy groups -OCH3 is 1. The highest BCUT2D eigenvalue weighted by atomic mass is 16.5. The minimum absolute atomic E-state index is 0.0516. The Morgan fingerprint density at radius 2 is 1.83 bits per heavy atom. The molecule has 0 bridgehead atoms. The molecule has 3 rings (SSSR count). The molecule has 0 saturated heterocycles. The lowest BCUT2D eigenvalue weighted by molar-refractivity contribution is 0.0453. The van der Waals surface area contributed by atoms with Gasteiger partial charge in [-0.3, -0.25) is 14.9 Å². The summed E-state index contributed by atoms with van der Waals surface area (Å²) < 4.78 is 14.6. The van der Waals surface area contributed by atoms with E-state index in [0.29, 0.717) is 5.56 Å². The molecule has 8 nitrogen and oxygen atoms in total. The van der Waals surface area contributed by atoms with Gasteiger partial charge >= 0.3 is 11.9 Å². The first-order chi connectivity index (χ1) is 11.5. The Morgan fingerprint density at radius 3 is 2.58 bits per heavy atom. The quantitative estimate of drug-likeness (QED) is 0.664. The molecule has 0 aliphatic carbocycles. The number of fused-ring (bicyclic) bond motifs is 1. The fourth-order valence-electron chi connectivity index (χ4n) is 2.24. The average molecular weight is 329 g/mol. The molecule has 1 aromatic carbocycles. The van der Waals surface area contributed by atoms with Crippen LogP contribution >= 0.6 is 0 Å². The van der Waals surface area contributed by atoms with Crippen molar-refractivity contribution < 1.29 is 33.1 Å². The number of ether oxygens (including phenoxy) is 2. The Kier molecular flexibility index (Phi) is 3.87. The predicted molar refractivity (Wildman–Crippen MR) is 77.4 cm³/mol. The van der Waals surface area contributed by atoms with E-state index < -0.39 is 23.8 Å². The van der Waals surface area contributed by atoms with E-state index in [-0.39, 0.29) is 29.1 Å². The first kappa shape index (κ1) is 15.5. The zero-order valence-electron chi connectivity index (χ0n) is 12.5. The van der Waals surface area contributed by atoms with Crippen LogP contribution in [0.2, 0.25) is 0 Å². The number of carbonyl (C=O) groups is 4. The first-order valence-electron chi connectivity index (χ1n) is 6.83. The molecule has 1 aliphatic heterocycles. The van der Waals surface area contributed by atoms with E-state index in [4.69, 9.17) is 9.15 Å². The third kappa shape index (κ3) is 2.65. The van der Waals surface area contributed by atoms with Crippen LogP contribution in [0.1, 0.15) is 47.2 Å². The average Bonchev–Trinajstić information content (AvgIpc) is 3.16. The lowest BCUT2D eigenvalue weighted by atomic mass is 10.1. The zero-order valence-corrected chi connectivity index (χ0v) is 12.5. The maximum atomic E-state index is 12.1. The van der Waals surface area contributed by atoms with Crippen LogP contribution in [0, 0.1) is 0 Å². The highest BCUT2D eigenvalue weighted by Gasteiger charge is 2.28. The number of esters is 2. The largest absolute Gasteiger partial charge is 0.463 e. The third-order valence-corrected chi connectivity index (χ3v) is 3.45. The number of nitrogens with one attached hydrogen (secondary N) is 1. The number of hydrogen-bond donors (Lipinski definition) is 1. The minimum atomic E-state index is -0.707. The molecule has 8 heteroatoms. The fourth-order valence-corrected chi connectivity index (χ4v) is 2.24. The molecule has 2 aromatic rings. The Morgan fingerprint density at radius 1 is 1.08 bits per heavy atom. The summed E-state index contributed by atoms with van der Waals surface area (Å²) in [7, 11) is 1.21. The van der Waals surface area contributed by atoms with Crippen LogP contribution in [-0.2, 0) is 16.1 Å². The Labute approximate surface area is 135 Å². The van der Waals surface area contributed by atoms with E-state index in [2.05, 4.69) is 10.1 Å². The van der Waals surface area contributed by atoms with Crippen molar-refractivity contribution in [2.24, 2.45) is 0 Å². The van der Waals surface area contributed by atoms with E-state index in [1.807, 2.05) is 0 Å². The number of rotatable bonds is 4. The van der Waals surface area contributed by atoms with Gasteiger partial charge in [-0.15, -0.1) is 0 Å². The lowest BCUT2D eigenvalue weighted by Gasteiger charge is -2.05. The second kappa shape index (κ2) is 5.99. The Balaban J connectivity index is 1.74. The van der Waals surface area contributed by atoms with Gasteiger partial charge in [0, 0.05) is 5.56 Å². The summed E-state index contributed by atoms with van der Waals surface area (Å²) in [6.45, 7) is -0.206. The van der Waals surface area contributed by atoms with Gasteiger partial charge in [0.25, 0.3) is 11.8 Å². The van der Waals surface area contributed by atoms with Gasteiger partial charge in [-0.25, -0.2) is 9.59 Å². The Bertz CT molecular complexity index is 865. The van der Waals surface area contributed by atoms with Gasteiger partial charge in [0.15, 0.2) is 0 Å². The predicted octanol–water partition coefficient (Wildman–Crippen LogP) is 1.31. The smallest absolute Gasteiger partial charge is 0.374 e. The summed E-state index contributed by atoms with van der Waals surface area (Å²) in [5, 5.41) is 2.14. The number of carbonyl (C=O) groups excluding carboxylic acids is 4. The molecular formula is C16H11NO7. The van der Waals surface area contributed by atoms with Gasteiger partial charge in [0.05, 0.1) is 30.1 Å². The Hall–Kier alpha value is -3.42. The number of benzene rings is 1. The molecule has 0 spiro atoms. The van der Waals surface area contributed by atoms with Crippen molar-refractivity contribution in [1.29, 1.82) is 0 Å². The van der Waals surface area contributed by atoms with E-state index in [0.717, 1.165) is 0 Å². The first-order valence-corrected chi connectivity index (χ1v) is 6.83. The molecule has 0 fully saturated rings. The van der Waals surface area contributed by atoms with E-state index >= 15 is 0 Å². The molecule has 122 valence electrons. The maximum absolute atomic E-state index is 12.1. The monoisotopic (exact) mass is 329 g/mol. The van der Waals surface area contributed by atoms with E-state index in [1.165, 1.54) is 37.6 Å². The molecule has 0 atom stereocenters. The van der Waals surface area contributed by atoms with Gasteiger partial charge in [-0.2, -0.15) is 0 Å². The second-order valence-corrected chi connectivity index (χ2v) is 4.89. The molecule has 1 aliphatic rings. The summed E-state index contributed by atoms with van der Waals surface area (Å²) in [4.78, 5) is 46.6. The van der Waals surface area contributed by atoms with Crippen LogP contribution in [0.15, 0.2) is 34.9 Å². The van der Waals surface area contributed by atoms with Gasteiger partial charge in [0.1, 0.15) is 6.61 Å². The van der Waals surface area contributed by atoms with Crippen molar-refractivity contribution in [3.05, 3.63) is 58.5 Å². The number of hydrogen-bond acceptors (Lipinski definition) is 7.